The molecule has 0 spiro atoms. The second kappa shape index (κ2) is 8.56. The van der Waals surface area contributed by atoms with Crippen LogP contribution in [0.2, 0.25) is 0 Å². The van der Waals surface area contributed by atoms with Crippen LogP contribution in [-0.2, 0) is 14.3 Å². The molecule has 3 aliphatic heterocycles. The quantitative estimate of drug-likeness (QED) is 0.744. The van der Waals surface area contributed by atoms with Crippen LogP contribution in [0, 0.1) is 0 Å². The van der Waals surface area contributed by atoms with E-state index in [0.717, 1.165) is 0 Å². The van der Waals surface area contributed by atoms with Crippen LogP contribution >= 0.6 is 0 Å². The molecular weight excluding hydrogens is 380 g/mol. The zero-order valence-electron chi connectivity index (χ0n) is 16.3. The molecule has 2 amide bonds. The lowest BCUT2D eigenvalue weighted by atomic mass is 9.94. The van der Waals surface area contributed by atoms with Crippen molar-refractivity contribution >= 4 is 11.8 Å². The van der Waals surface area contributed by atoms with Crippen LogP contribution in [0.4, 0.5) is 0 Å². The van der Waals surface area contributed by atoms with Crippen molar-refractivity contribution in [1.82, 2.24) is 10.2 Å². The molecule has 1 aromatic carbocycles. The van der Waals surface area contributed by atoms with Crippen molar-refractivity contribution in [3.05, 3.63) is 23.8 Å². The molecule has 3 aliphatic rings. The molecule has 0 bridgehead atoms. The summed E-state index contributed by atoms with van der Waals surface area (Å²) in [6.07, 6.45) is 0.236. The third-order valence-corrected chi connectivity index (χ3v) is 5.55. The molecule has 0 unspecified atom stereocenters. The second-order valence-corrected chi connectivity index (χ2v) is 7.54. The topological polar surface area (TPSA) is 107 Å². The smallest absolute Gasteiger partial charge is 0.254 e. The normalized spacial score (nSPS) is 28.8. The number of hydrogen-bond acceptors (Lipinski definition) is 7. The Kier molecular flexibility index (Phi) is 5.89. The van der Waals surface area contributed by atoms with Crippen LogP contribution in [0.1, 0.15) is 29.6 Å². The molecule has 0 radical (unpaired) electrons. The van der Waals surface area contributed by atoms with Crippen molar-refractivity contribution in [1.29, 1.82) is 0 Å². The zero-order valence-corrected chi connectivity index (χ0v) is 16.3. The molecule has 4 atom stereocenters. The van der Waals surface area contributed by atoms with Gasteiger partial charge in [-0.25, -0.2) is 0 Å². The zero-order chi connectivity index (χ0) is 20.4. The van der Waals surface area contributed by atoms with E-state index in [0.29, 0.717) is 29.9 Å². The number of carbonyl (C=O) groups excluding carboxylic acids is 2. The molecule has 0 aromatic heterocycles. The molecule has 3 heterocycles. The lowest BCUT2D eigenvalue weighted by Gasteiger charge is -2.44. The Hall–Kier alpha value is -2.36. The SMILES string of the molecule is CNC(=O)C[C@H]1CC[C@H]2[C@@H](COC[C@@H](O)CN2C(=O)c2ccc3c(c2)OCO3)O1. The van der Waals surface area contributed by atoms with Gasteiger partial charge in [-0.1, -0.05) is 0 Å². The fourth-order valence-electron chi connectivity index (χ4n) is 4.08. The predicted molar refractivity (Wildman–Crippen MR) is 101 cm³/mol. The van der Waals surface area contributed by atoms with Crippen molar-refractivity contribution in [2.75, 3.05) is 33.6 Å². The molecule has 9 nitrogen and oxygen atoms in total. The third-order valence-electron chi connectivity index (χ3n) is 5.55. The Morgan fingerprint density at radius 3 is 2.86 bits per heavy atom. The van der Waals surface area contributed by atoms with Gasteiger partial charge >= 0.3 is 0 Å². The number of hydrogen-bond donors (Lipinski definition) is 2. The van der Waals surface area contributed by atoms with Gasteiger partial charge in [-0.3, -0.25) is 9.59 Å². The van der Waals surface area contributed by atoms with Crippen LogP contribution in [-0.4, -0.2) is 79.8 Å². The van der Waals surface area contributed by atoms with Gasteiger partial charge < -0.3 is 34.3 Å². The van der Waals surface area contributed by atoms with Crippen molar-refractivity contribution in [2.45, 2.75) is 43.6 Å². The van der Waals surface area contributed by atoms with Gasteiger partial charge in [-0.15, -0.1) is 0 Å². The Balaban J connectivity index is 1.54. The average molecular weight is 406 g/mol. The van der Waals surface area contributed by atoms with Crippen LogP contribution in [0.25, 0.3) is 0 Å². The summed E-state index contributed by atoms with van der Waals surface area (Å²) in [5, 5.41) is 12.9. The van der Waals surface area contributed by atoms with Gasteiger partial charge in [0.25, 0.3) is 5.91 Å². The average Bonchev–Trinajstić information content (AvgIpc) is 3.18. The van der Waals surface area contributed by atoms with Crippen LogP contribution < -0.4 is 14.8 Å². The summed E-state index contributed by atoms with van der Waals surface area (Å²) in [5.41, 5.74) is 0.467. The highest BCUT2D eigenvalue weighted by atomic mass is 16.7. The van der Waals surface area contributed by atoms with E-state index in [1.807, 2.05) is 0 Å². The van der Waals surface area contributed by atoms with Crippen molar-refractivity contribution in [3.63, 3.8) is 0 Å². The minimum absolute atomic E-state index is 0.0797. The van der Waals surface area contributed by atoms with Gasteiger partial charge in [0, 0.05) is 19.2 Å². The van der Waals surface area contributed by atoms with Gasteiger partial charge in [-0.2, -0.15) is 0 Å². The molecule has 29 heavy (non-hydrogen) atoms. The molecule has 2 N–H and O–H groups in total. The number of aliphatic hydroxyl groups excluding tert-OH is 1. The number of fused-ring (bicyclic) bond motifs is 2. The molecule has 9 heteroatoms. The number of ether oxygens (including phenoxy) is 4. The Morgan fingerprint density at radius 1 is 1.21 bits per heavy atom. The Morgan fingerprint density at radius 2 is 2.03 bits per heavy atom. The molecule has 0 aliphatic carbocycles. The summed E-state index contributed by atoms with van der Waals surface area (Å²) >= 11 is 0. The first kappa shape index (κ1) is 19.9. The fourth-order valence-corrected chi connectivity index (χ4v) is 4.08. The molecule has 158 valence electrons. The number of benzene rings is 1. The first-order valence-corrected chi connectivity index (χ1v) is 9.87. The van der Waals surface area contributed by atoms with Gasteiger partial charge in [-0.05, 0) is 31.0 Å². The highest BCUT2D eigenvalue weighted by molar-refractivity contribution is 5.95. The van der Waals surface area contributed by atoms with E-state index in [1.54, 1.807) is 30.1 Å². The molecule has 1 aromatic rings. The summed E-state index contributed by atoms with van der Waals surface area (Å²) in [4.78, 5) is 26.7. The number of rotatable bonds is 3. The number of nitrogens with one attached hydrogen (secondary N) is 1. The predicted octanol–water partition coefficient (Wildman–Crippen LogP) is 0.301. The molecule has 2 fully saturated rings. The van der Waals surface area contributed by atoms with Gasteiger partial charge in [0.05, 0.1) is 37.9 Å². The lowest BCUT2D eigenvalue weighted by molar-refractivity contribution is -0.150. The summed E-state index contributed by atoms with van der Waals surface area (Å²) < 4.78 is 22.4. The summed E-state index contributed by atoms with van der Waals surface area (Å²) in [6, 6.07) is 4.83. The summed E-state index contributed by atoms with van der Waals surface area (Å²) in [7, 11) is 1.60. The highest BCUT2D eigenvalue weighted by Gasteiger charge is 2.40. The van der Waals surface area contributed by atoms with Gasteiger partial charge in [0.15, 0.2) is 11.5 Å². The molecule has 4 rings (SSSR count). The van der Waals surface area contributed by atoms with Gasteiger partial charge in [0.1, 0.15) is 6.10 Å². The van der Waals surface area contributed by atoms with Crippen molar-refractivity contribution in [3.8, 4) is 11.5 Å². The van der Waals surface area contributed by atoms with Crippen molar-refractivity contribution < 1.29 is 33.6 Å². The van der Waals surface area contributed by atoms with Crippen molar-refractivity contribution in [2.24, 2.45) is 0 Å². The van der Waals surface area contributed by atoms with E-state index < -0.39 is 6.10 Å². The van der Waals surface area contributed by atoms with Crippen LogP contribution in [0.15, 0.2) is 18.2 Å². The van der Waals surface area contributed by atoms with E-state index in [1.165, 1.54) is 0 Å². The largest absolute Gasteiger partial charge is 0.454 e. The number of amides is 2. The first-order valence-electron chi connectivity index (χ1n) is 9.87. The maximum absolute atomic E-state index is 13.3. The standard InChI is InChI=1S/C20H26N2O7/c1-21-19(24)7-14-3-4-15-18(29-14)10-26-9-13(23)8-22(15)20(25)12-2-5-16-17(6-12)28-11-27-16/h2,5-6,13-15,18,23H,3-4,7-11H2,1H3,(H,21,24)/t13-,14+,15-,18+/m0/s1. The maximum atomic E-state index is 13.3. The number of carbonyl (C=O) groups is 2. The van der Waals surface area contributed by atoms with Crippen LogP contribution in [0.5, 0.6) is 11.5 Å². The maximum Gasteiger partial charge on any atom is 0.254 e. The van der Waals surface area contributed by atoms with E-state index in [-0.39, 0.29) is 63.0 Å². The Labute approximate surface area is 168 Å². The second-order valence-electron chi connectivity index (χ2n) is 7.54. The number of aliphatic hydroxyl groups is 1. The Bertz CT molecular complexity index is 771. The highest BCUT2D eigenvalue weighted by Crippen LogP contribution is 2.34. The lowest BCUT2D eigenvalue weighted by Crippen LogP contribution is -2.57. The molecule has 0 saturated carbocycles. The van der Waals surface area contributed by atoms with E-state index in [2.05, 4.69) is 5.32 Å². The van der Waals surface area contributed by atoms with Crippen LogP contribution in [0.3, 0.4) is 0 Å². The summed E-state index contributed by atoms with van der Waals surface area (Å²) in [5.74, 6) is 0.865. The number of nitrogens with zero attached hydrogens (tertiary/aromatic N) is 1. The summed E-state index contributed by atoms with van der Waals surface area (Å²) in [6.45, 7) is 0.671. The third kappa shape index (κ3) is 4.31. The fraction of sp³-hybridized carbons (Fsp3) is 0.600. The molecule has 2 saturated heterocycles. The monoisotopic (exact) mass is 406 g/mol. The minimum atomic E-state index is -0.780. The van der Waals surface area contributed by atoms with E-state index >= 15 is 0 Å². The first-order chi connectivity index (χ1) is 14.0. The van der Waals surface area contributed by atoms with E-state index in [4.69, 9.17) is 18.9 Å². The van der Waals surface area contributed by atoms with E-state index in [9.17, 15) is 14.7 Å². The minimum Gasteiger partial charge on any atom is -0.454 e. The molecular formula is C20H26N2O7. The van der Waals surface area contributed by atoms with Gasteiger partial charge in [0.2, 0.25) is 12.7 Å². The number of β-amino-alcohol motifs (C(OH)–C–C–N with tert-alkyl or cyclic N) is 1.